The summed E-state index contributed by atoms with van der Waals surface area (Å²) in [7, 11) is 0. The fourth-order valence-corrected chi connectivity index (χ4v) is 0.743. The van der Waals surface area contributed by atoms with Crippen molar-refractivity contribution in [3.63, 3.8) is 0 Å². The van der Waals surface area contributed by atoms with Crippen LogP contribution in [0.3, 0.4) is 0 Å². The minimum Gasteiger partial charge on any atom is -0.326 e. The first-order valence-corrected chi connectivity index (χ1v) is 3.27. The van der Waals surface area contributed by atoms with Gasteiger partial charge in [0.1, 0.15) is 11.5 Å². The number of pyridine rings is 1. The molecule has 1 heterocycles. The van der Waals surface area contributed by atoms with Gasteiger partial charge in [-0.15, -0.1) is 0 Å². The number of alkyl halides is 2. The van der Waals surface area contributed by atoms with E-state index in [4.69, 9.17) is 5.73 Å². The third-order valence-electron chi connectivity index (χ3n) is 1.39. The Morgan fingerprint density at radius 3 is 2.58 bits per heavy atom. The molecule has 0 radical (unpaired) electrons. The zero-order valence-electron chi connectivity index (χ0n) is 6.10. The van der Waals surface area contributed by atoms with Gasteiger partial charge in [-0.2, -0.15) is 0 Å². The summed E-state index contributed by atoms with van der Waals surface area (Å²) in [4.78, 5) is 3.34. The smallest absolute Gasteiger partial charge is 0.280 e. The first-order valence-electron chi connectivity index (χ1n) is 3.27. The van der Waals surface area contributed by atoms with Crippen molar-refractivity contribution >= 4 is 0 Å². The SMILES string of the molecule is NCc1cnc(C(F)F)cc1F. The van der Waals surface area contributed by atoms with Crippen molar-refractivity contribution in [3.05, 3.63) is 29.3 Å². The molecule has 0 aliphatic rings. The minimum atomic E-state index is -2.74. The Morgan fingerprint density at radius 2 is 2.17 bits per heavy atom. The Balaban J connectivity index is 3.02. The summed E-state index contributed by atoms with van der Waals surface area (Å²) in [5.41, 5.74) is 4.68. The van der Waals surface area contributed by atoms with Gasteiger partial charge in [0.05, 0.1) is 0 Å². The van der Waals surface area contributed by atoms with Crippen molar-refractivity contribution in [1.82, 2.24) is 4.98 Å². The summed E-state index contributed by atoms with van der Waals surface area (Å²) in [5, 5.41) is 0. The molecule has 5 heteroatoms. The highest BCUT2D eigenvalue weighted by molar-refractivity contribution is 5.16. The van der Waals surface area contributed by atoms with Crippen LogP contribution in [-0.2, 0) is 6.54 Å². The molecule has 12 heavy (non-hydrogen) atoms. The first-order chi connectivity index (χ1) is 5.65. The standard InChI is InChI=1S/C7H7F3N2/c8-5-1-6(7(9)10)12-3-4(5)2-11/h1,3,7H,2,11H2. The number of aromatic nitrogens is 1. The van der Waals surface area contributed by atoms with Crippen LogP contribution in [0.4, 0.5) is 13.2 Å². The van der Waals surface area contributed by atoms with E-state index in [9.17, 15) is 13.2 Å². The molecule has 0 spiro atoms. The Hall–Kier alpha value is -1.10. The lowest BCUT2D eigenvalue weighted by Gasteiger charge is -2.01. The number of hydrogen-bond donors (Lipinski definition) is 1. The molecular weight excluding hydrogens is 169 g/mol. The van der Waals surface area contributed by atoms with Crippen LogP contribution in [-0.4, -0.2) is 4.98 Å². The van der Waals surface area contributed by atoms with E-state index in [-0.39, 0.29) is 12.1 Å². The number of rotatable bonds is 2. The zero-order chi connectivity index (χ0) is 9.14. The second-order valence-corrected chi connectivity index (χ2v) is 2.21. The summed E-state index contributed by atoms with van der Waals surface area (Å²) in [6.45, 7) is -0.0393. The van der Waals surface area contributed by atoms with Crippen molar-refractivity contribution < 1.29 is 13.2 Å². The van der Waals surface area contributed by atoms with Crippen LogP contribution in [0.15, 0.2) is 12.3 Å². The molecule has 1 rings (SSSR count). The van der Waals surface area contributed by atoms with E-state index in [0.717, 1.165) is 6.20 Å². The molecule has 2 N–H and O–H groups in total. The van der Waals surface area contributed by atoms with Crippen molar-refractivity contribution in [2.75, 3.05) is 0 Å². The van der Waals surface area contributed by atoms with Gasteiger partial charge in [0.15, 0.2) is 0 Å². The molecule has 66 valence electrons. The van der Waals surface area contributed by atoms with Gasteiger partial charge in [-0.1, -0.05) is 0 Å². The van der Waals surface area contributed by atoms with Crippen LogP contribution < -0.4 is 5.73 Å². The predicted octanol–water partition coefficient (Wildman–Crippen LogP) is 1.62. The molecule has 0 aliphatic heterocycles. The number of hydrogen-bond acceptors (Lipinski definition) is 2. The Labute approximate surface area is 67.2 Å². The molecule has 0 aliphatic carbocycles. The van der Waals surface area contributed by atoms with Crippen molar-refractivity contribution in [3.8, 4) is 0 Å². The minimum absolute atomic E-state index is 0.0393. The number of nitrogens with two attached hydrogens (primary N) is 1. The molecule has 0 atom stereocenters. The second kappa shape index (κ2) is 3.53. The van der Waals surface area contributed by atoms with Crippen LogP contribution in [0.25, 0.3) is 0 Å². The van der Waals surface area contributed by atoms with Crippen molar-refractivity contribution in [1.29, 1.82) is 0 Å². The van der Waals surface area contributed by atoms with Crippen molar-refractivity contribution in [2.45, 2.75) is 13.0 Å². The summed E-state index contributed by atoms with van der Waals surface area (Å²) >= 11 is 0. The largest absolute Gasteiger partial charge is 0.326 e. The van der Waals surface area contributed by atoms with Gasteiger partial charge in [-0.3, -0.25) is 4.98 Å². The Bertz CT molecular complexity index is 275. The van der Waals surface area contributed by atoms with Crippen LogP contribution >= 0.6 is 0 Å². The van der Waals surface area contributed by atoms with Gasteiger partial charge in [0, 0.05) is 24.4 Å². The van der Waals surface area contributed by atoms with Crippen molar-refractivity contribution in [2.24, 2.45) is 5.73 Å². The highest BCUT2D eigenvalue weighted by Gasteiger charge is 2.11. The molecule has 0 aromatic carbocycles. The topological polar surface area (TPSA) is 38.9 Å². The number of nitrogens with zero attached hydrogens (tertiary/aromatic N) is 1. The fourth-order valence-electron chi connectivity index (χ4n) is 0.743. The van der Waals surface area contributed by atoms with E-state index in [0.29, 0.717) is 6.07 Å². The summed E-state index contributed by atoms with van der Waals surface area (Å²) in [5.74, 6) is -0.734. The van der Waals surface area contributed by atoms with E-state index >= 15 is 0 Å². The zero-order valence-corrected chi connectivity index (χ0v) is 6.10. The average Bonchev–Trinajstić information content (AvgIpc) is 2.04. The lowest BCUT2D eigenvalue weighted by molar-refractivity contribution is 0.145. The molecule has 1 aromatic rings. The summed E-state index contributed by atoms with van der Waals surface area (Å²) in [6.07, 6.45) is -1.72. The molecule has 0 unspecified atom stereocenters. The molecular formula is C7H7F3N2. The van der Waals surface area contributed by atoms with Crippen LogP contribution in [0, 0.1) is 5.82 Å². The molecule has 0 saturated carbocycles. The average molecular weight is 176 g/mol. The second-order valence-electron chi connectivity index (χ2n) is 2.21. The molecule has 0 amide bonds. The highest BCUT2D eigenvalue weighted by Crippen LogP contribution is 2.17. The molecule has 2 nitrogen and oxygen atoms in total. The third kappa shape index (κ3) is 1.73. The quantitative estimate of drug-likeness (QED) is 0.743. The maximum absolute atomic E-state index is 12.8. The van der Waals surface area contributed by atoms with Gasteiger partial charge in [-0.25, -0.2) is 13.2 Å². The monoisotopic (exact) mass is 176 g/mol. The van der Waals surface area contributed by atoms with Gasteiger partial charge in [0.25, 0.3) is 6.43 Å². The normalized spacial score (nSPS) is 10.8. The number of halogens is 3. The maximum atomic E-state index is 12.8. The van der Waals surface area contributed by atoms with Gasteiger partial charge in [0.2, 0.25) is 0 Å². The highest BCUT2D eigenvalue weighted by atomic mass is 19.3. The van der Waals surface area contributed by atoms with E-state index in [1.165, 1.54) is 0 Å². The van der Waals surface area contributed by atoms with Crippen LogP contribution in [0.5, 0.6) is 0 Å². The first kappa shape index (κ1) is 8.99. The van der Waals surface area contributed by atoms with Gasteiger partial charge >= 0.3 is 0 Å². The molecule has 0 fully saturated rings. The maximum Gasteiger partial charge on any atom is 0.280 e. The van der Waals surface area contributed by atoms with Gasteiger partial charge < -0.3 is 5.73 Å². The molecule has 1 aromatic heterocycles. The summed E-state index contributed by atoms with van der Waals surface area (Å²) in [6, 6.07) is 0.701. The van der Waals surface area contributed by atoms with Gasteiger partial charge in [-0.05, 0) is 0 Å². The van der Waals surface area contributed by atoms with E-state index < -0.39 is 17.9 Å². The van der Waals surface area contributed by atoms with E-state index in [2.05, 4.69) is 4.98 Å². The van der Waals surface area contributed by atoms with Crippen LogP contribution in [0.1, 0.15) is 17.7 Å². The lowest BCUT2D eigenvalue weighted by atomic mass is 10.2. The third-order valence-corrected chi connectivity index (χ3v) is 1.39. The predicted molar refractivity (Wildman–Crippen MR) is 37.0 cm³/mol. The Morgan fingerprint density at radius 1 is 1.50 bits per heavy atom. The molecule has 0 saturated heterocycles. The fraction of sp³-hybridized carbons (Fsp3) is 0.286. The Kier molecular flexibility index (Phi) is 2.65. The summed E-state index contributed by atoms with van der Waals surface area (Å²) < 4.78 is 36.6. The lowest BCUT2D eigenvalue weighted by Crippen LogP contribution is -2.02. The van der Waals surface area contributed by atoms with E-state index in [1.54, 1.807) is 0 Å². The molecule has 0 bridgehead atoms. The van der Waals surface area contributed by atoms with E-state index in [1.807, 2.05) is 0 Å². The van der Waals surface area contributed by atoms with Crippen LogP contribution in [0.2, 0.25) is 0 Å².